The summed E-state index contributed by atoms with van der Waals surface area (Å²) in [6.07, 6.45) is 1.07. The molecule has 1 rings (SSSR count). The van der Waals surface area contributed by atoms with E-state index in [1.165, 1.54) is 13.0 Å². The number of amides is 2. The Labute approximate surface area is 124 Å². The van der Waals surface area contributed by atoms with Gasteiger partial charge in [0.25, 0.3) is 0 Å². The number of hydrogen-bond acceptors (Lipinski definition) is 3. The van der Waals surface area contributed by atoms with E-state index in [1.54, 1.807) is 0 Å². The van der Waals surface area contributed by atoms with Crippen LogP contribution < -0.4 is 10.6 Å². The van der Waals surface area contributed by atoms with Gasteiger partial charge in [-0.1, -0.05) is 17.7 Å². The van der Waals surface area contributed by atoms with Crippen LogP contribution in [0.1, 0.15) is 17.3 Å². The number of carbonyl (C=O) groups is 3. The molecule has 0 saturated heterocycles. The smallest absolute Gasteiger partial charge is 0.404 e. The van der Waals surface area contributed by atoms with Crippen molar-refractivity contribution >= 4 is 35.1 Å². The number of anilines is 1. The van der Waals surface area contributed by atoms with Crippen molar-refractivity contribution in [3.63, 3.8) is 0 Å². The fraction of sp³-hybridized carbons (Fsp3) is 0.154. The summed E-state index contributed by atoms with van der Waals surface area (Å²) in [5.41, 5.74) is -0.102. The van der Waals surface area contributed by atoms with Crippen molar-refractivity contribution < 1.29 is 23.9 Å². The van der Waals surface area contributed by atoms with Crippen molar-refractivity contribution in [1.29, 1.82) is 0 Å². The van der Waals surface area contributed by atoms with E-state index < -0.39 is 17.8 Å². The zero-order valence-electron chi connectivity index (χ0n) is 10.9. The van der Waals surface area contributed by atoms with Crippen molar-refractivity contribution in [3.05, 3.63) is 40.7 Å². The van der Waals surface area contributed by atoms with Crippen LogP contribution >= 0.6 is 11.6 Å². The lowest BCUT2D eigenvalue weighted by Crippen LogP contribution is -2.20. The Morgan fingerprint density at radius 2 is 2.05 bits per heavy atom. The molecule has 0 fully saturated rings. The number of ketones is 1. The number of carboxylic acid groups (broad SMARTS) is 1. The molecule has 0 radical (unpaired) electrons. The molecule has 6 nitrogen and oxygen atoms in total. The van der Waals surface area contributed by atoms with Crippen molar-refractivity contribution in [2.45, 2.75) is 6.92 Å². The number of carbonyl (C=O) groups excluding carboxylic acids is 2. The van der Waals surface area contributed by atoms with Crippen LogP contribution in [0.4, 0.5) is 14.9 Å². The Hall–Kier alpha value is -2.41. The molecule has 0 saturated carbocycles. The van der Waals surface area contributed by atoms with Crippen molar-refractivity contribution in [2.24, 2.45) is 0 Å². The average Bonchev–Trinajstić information content (AvgIpc) is 2.37. The van der Waals surface area contributed by atoms with E-state index in [2.05, 4.69) is 5.32 Å². The van der Waals surface area contributed by atoms with Gasteiger partial charge in [-0.05, 0) is 19.1 Å². The molecule has 1 aromatic rings. The van der Waals surface area contributed by atoms with Crippen molar-refractivity contribution in [2.75, 3.05) is 11.9 Å². The van der Waals surface area contributed by atoms with Gasteiger partial charge in [-0.2, -0.15) is 0 Å². The third-order valence-corrected chi connectivity index (χ3v) is 2.65. The molecule has 8 heteroatoms. The van der Waals surface area contributed by atoms with Crippen LogP contribution in [0.25, 0.3) is 0 Å². The molecule has 112 valence electrons. The monoisotopic (exact) mass is 314 g/mol. The van der Waals surface area contributed by atoms with Gasteiger partial charge in [0.1, 0.15) is 5.82 Å². The molecule has 2 amide bonds. The molecule has 0 aliphatic rings. The van der Waals surface area contributed by atoms with Crippen molar-refractivity contribution in [1.82, 2.24) is 5.32 Å². The van der Waals surface area contributed by atoms with E-state index in [0.29, 0.717) is 0 Å². The number of benzene rings is 1. The highest BCUT2D eigenvalue weighted by Crippen LogP contribution is 2.24. The lowest BCUT2D eigenvalue weighted by molar-refractivity contribution is -0.111. The third-order valence-electron chi connectivity index (χ3n) is 2.33. The molecular formula is C13H12ClFN2O4. The maximum atomic E-state index is 13.6. The Balaban J connectivity index is 2.78. The molecule has 0 heterocycles. The second kappa shape index (κ2) is 7.39. The highest BCUT2D eigenvalue weighted by atomic mass is 35.5. The van der Waals surface area contributed by atoms with E-state index >= 15 is 0 Å². The van der Waals surface area contributed by atoms with E-state index in [1.807, 2.05) is 5.32 Å². The first-order chi connectivity index (χ1) is 9.81. The highest BCUT2D eigenvalue weighted by molar-refractivity contribution is 6.34. The zero-order chi connectivity index (χ0) is 16.0. The first-order valence-corrected chi connectivity index (χ1v) is 6.13. The van der Waals surface area contributed by atoms with Gasteiger partial charge < -0.3 is 15.7 Å². The molecule has 3 N–H and O–H groups in total. The first kappa shape index (κ1) is 16.6. The number of rotatable bonds is 5. The minimum atomic E-state index is -1.23. The molecule has 1 aromatic carbocycles. The Kier molecular flexibility index (Phi) is 5.86. The summed E-state index contributed by atoms with van der Waals surface area (Å²) in [5, 5.41) is 12.5. The van der Waals surface area contributed by atoms with Crippen LogP contribution in [-0.2, 0) is 4.79 Å². The zero-order valence-corrected chi connectivity index (χ0v) is 11.7. The van der Waals surface area contributed by atoms with E-state index in [0.717, 1.165) is 18.2 Å². The van der Waals surface area contributed by atoms with Crippen LogP contribution in [0.5, 0.6) is 0 Å². The number of Topliss-reactive ketones (excluding diaryl/α,β-unsaturated/α-hetero) is 1. The van der Waals surface area contributed by atoms with Gasteiger partial charge in [0, 0.05) is 18.2 Å². The largest absolute Gasteiger partial charge is 0.465 e. The summed E-state index contributed by atoms with van der Waals surface area (Å²) in [6.45, 7) is 1.20. The molecule has 0 aliphatic heterocycles. The van der Waals surface area contributed by atoms with E-state index in [9.17, 15) is 18.8 Å². The van der Waals surface area contributed by atoms with Gasteiger partial charge in [-0.25, -0.2) is 9.18 Å². The maximum Gasteiger partial charge on any atom is 0.404 e. The number of hydrogen-bond donors (Lipinski definition) is 3. The topological polar surface area (TPSA) is 95.5 Å². The Morgan fingerprint density at radius 1 is 1.38 bits per heavy atom. The third kappa shape index (κ3) is 5.23. The van der Waals surface area contributed by atoms with Crippen LogP contribution in [-0.4, -0.2) is 29.4 Å². The molecule has 0 spiro atoms. The lowest BCUT2D eigenvalue weighted by Gasteiger charge is -2.07. The first-order valence-electron chi connectivity index (χ1n) is 5.75. The molecule has 0 aromatic heterocycles. The van der Waals surface area contributed by atoms with Gasteiger partial charge >= 0.3 is 6.09 Å². The number of nitrogens with one attached hydrogen (secondary N) is 2. The lowest BCUT2D eigenvalue weighted by atomic mass is 10.1. The maximum absolute atomic E-state index is 13.6. The standard InChI is InChI=1S/C13H12ClFN2O4/c1-7(18)8-5-11(10(15)6-9(8)14)17-12(19)3-2-4-16-13(20)21/h2-3,5-6,16H,4H2,1H3,(H,17,19)(H,20,21). The summed E-state index contributed by atoms with van der Waals surface area (Å²) < 4.78 is 13.6. The fourth-order valence-corrected chi connectivity index (χ4v) is 1.68. The predicted molar refractivity (Wildman–Crippen MR) is 75.2 cm³/mol. The average molecular weight is 315 g/mol. The highest BCUT2D eigenvalue weighted by Gasteiger charge is 2.12. The molecule has 0 aliphatic carbocycles. The normalized spacial score (nSPS) is 10.4. The predicted octanol–water partition coefficient (Wildman–Crippen LogP) is 2.44. The minimum absolute atomic E-state index is 0.0424. The quantitative estimate of drug-likeness (QED) is 0.574. The molecule has 0 bridgehead atoms. The summed E-state index contributed by atoms with van der Waals surface area (Å²) in [4.78, 5) is 33.0. The van der Waals surface area contributed by atoms with Crippen LogP contribution in [0.3, 0.4) is 0 Å². The Bertz CT molecular complexity index is 616. The Morgan fingerprint density at radius 3 is 2.62 bits per heavy atom. The fourth-order valence-electron chi connectivity index (χ4n) is 1.40. The molecule has 0 atom stereocenters. The summed E-state index contributed by atoms with van der Waals surface area (Å²) in [6, 6.07) is 2.07. The van der Waals surface area contributed by atoms with E-state index in [-0.39, 0.29) is 28.6 Å². The summed E-state index contributed by atoms with van der Waals surface area (Å²) >= 11 is 5.71. The van der Waals surface area contributed by atoms with Gasteiger partial charge in [-0.3, -0.25) is 9.59 Å². The van der Waals surface area contributed by atoms with Crippen LogP contribution in [0, 0.1) is 5.82 Å². The second-order valence-electron chi connectivity index (χ2n) is 3.95. The molecular weight excluding hydrogens is 303 g/mol. The van der Waals surface area contributed by atoms with Crippen molar-refractivity contribution in [3.8, 4) is 0 Å². The van der Waals surface area contributed by atoms with Gasteiger partial charge in [0.05, 0.1) is 10.7 Å². The SMILES string of the molecule is CC(=O)c1cc(NC(=O)C=CCNC(=O)O)c(F)cc1Cl. The number of halogens is 2. The molecule has 0 unspecified atom stereocenters. The second-order valence-corrected chi connectivity index (χ2v) is 4.35. The van der Waals surface area contributed by atoms with Gasteiger partial charge in [0.2, 0.25) is 5.91 Å². The van der Waals surface area contributed by atoms with E-state index in [4.69, 9.17) is 16.7 Å². The minimum Gasteiger partial charge on any atom is -0.465 e. The van der Waals surface area contributed by atoms with Crippen LogP contribution in [0.2, 0.25) is 5.02 Å². The molecule has 21 heavy (non-hydrogen) atoms. The summed E-state index contributed by atoms with van der Waals surface area (Å²) in [5.74, 6) is -1.81. The van der Waals surface area contributed by atoms with Crippen LogP contribution in [0.15, 0.2) is 24.3 Å². The van der Waals surface area contributed by atoms with Gasteiger partial charge in [0.15, 0.2) is 5.78 Å². The summed E-state index contributed by atoms with van der Waals surface area (Å²) in [7, 11) is 0. The van der Waals surface area contributed by atoms with Gasteiger partial charge in [-0.15, -0.1) is 0 Å².